The topological polar surface area (TPSA) is 131 Å². The predicted molar refractivity (Wildman–Crippen MR) is 104 cm³/mol. The highest BCUT2D eigenvalue weighted by atomic mass is 16.4. The summed E-state index contributed by atoms with van der Waals surface area (Å²) in [5.74, 6) is -1.41. The number of carboxylic acids is 1. The van der Waals surface area contributed by atoms with Crippen molar-refractivity contribution in [2.24, 2.45) is 16.5 Å². The van der Waals surface area contributed by atoms with Gasteiger partial charge in [0.05, 0.1) is 6.54 Å². The van der Waals surface area contributed by atoms with Crippen molar-refractivity contribution in [3.63, 3.8) is 0 Å². The van der Waals surface area contributed by atoms with Gasteiger partial charge in [0.15, 0.2) is 5.96 Å². The lowest BCUT2D eigenvalue weighted by Gasteiger charge is -2.08. The number of carbonyl (C=O) groups is 2. The van der Waals surface area contributed by atoms with E-state index in [1.54, 1.807) is 24.3 Å². The molecule has 1 amide bonds. The highest BCUT2D eigenvalue weighted by Crippen LogP contribution is 2.10. The number of nitrogens with two attached hydrogens (primary N) is 2. The summed E-state index contributed by atoms with van der Waals surface area (Å²) in [6.45, 7) is 4.40. The average molecular weight is 368 g/mol. The van der Waals surface area contributed by atoms with E-state index in [1.165, 1.54) is 0 Å². The summed E-state index contributed by atoms with van der Waals surface area (Å²) in [7, 11) is 0. The van der Waals surface area contributed by atoms with Crippen LogP contribution < -0.4 is 16.8 Å². The maximum Gasteiger partial charge on any atom is 0.320 e. The fourth-order valence-corrected chi connectivity index (χ4v) is 2.70. The molecule has 0 bridgehead atoms. The zero-order chi connectivity index (χ0) is 20.0. The van der Waals surface area contributed by atoms with E-state index in [0.29, 0.717) is 12.1 Å². The molecule has 0 aliphatic carbocycles. The van der Waals surface area contributed by atoms with Crippen molar-refractivity contribution in [1.29, 1.82) is 0 Å². The number of carbonyl (C=O) groups excluding carboxylic acids is 1. The Bertz CT molecular complexity index is 840. The van der Waals surface area contributed by atoms with Gasteiger partial charge in [0.25, 0.3) is 5.91 Å². The predicted octanol–water partition coefficient (Wildman–Crippen LogP) is 1.50. The van der Waals surface area contributed by atoms with E-state index in [4.69, 9.17) is 16.6 Å². The molecule has 0 aliphatic heterocycles. The Morgan fingerprint density at radius 1 is 1.07 bits per heavy atom. The van der Waals surface area contributed by atoms with Crippen molar-refractivity contribution in [2.45, 2.75) is 32.9 Å². The molecule has 2 aromatic rings. The molecule has 0 radical (unpaired) electrons. The van der Waals surface area contributed by atoms with Gasteiger partial charge < -0.3 is 16.6 Å². The average Bonchev–Trinajstić information content (AvgIpc) is 2.59. The zero-order valence-corrected chi connectivity index (χ0v) is 15.4. The van der Waals surface area contributed by atoms with Crippen LogP contribution in [0, 0.1) is 13.8 Å². The Kier molecular flexibility index (Phi) is 6.67. The maximum absolute atomic E-state index is 12.2. The van der Waals surface area contributed by atoms with Crippen LogP contribution in [0.1, 0.15) is 32.6 Å². The molecule has 1 atom stereocenters. The molecule has 1 unspecified atom stereocenters. The lowest BCUT2D eigenvalue weighted by atomic mass is 10.0. The molecule has 27 heavy (non-hydrogen) atoms. The molecule has 7 heteroatoms. The van der Waals surface area contributed by atoms with E-state index in [-0.39, 0.29) is 18.3 Å². The first-order valence-electron chi connectivity index (χ1n) is 8.50. The van der Waals surface area contributed by atoms with Gasteiger partial charge in [-0.3, -0.25) is 14.9 Å². The van der Waals surface area contributed by atoms with E-state index >= 15 is 0 Å². The van der Waals surface area contributed by atoms with Gasteiger partial charge in [0.1, 0.15) is 6.04 Å². The third-order valence-electron chi connectivity index (χ3n) is 3.94. The number of nitrogens with one attached hydrogen (secondary N) is 1. The smallest absolute Gasteiger partial charge is 0.320 e. The fraction of sp³-hybridized carbons (Fsp3) is 0.250. The molecule has 0 spiro atoms. The second-order valence-corrected chi connectivity index (χ2v) is 6.50. The number of nitrogens with zero attached hydrogens (tertiary/aromatic N) is 1. The summed E-state index contributed by atoms with van der Waals surface area (Å²) in [6.07, 6.45) is 0.191. The molecule has 0 aromatic heterocycles. The molecule has 6 N–H and O–H groups in total. The molecule has 142 valence electrons. The largest absolute Gasteiger partial charge is 0.480 e. The Balaban J connectivity index is 1.96. The number of guanidine groups is 1. The summed E-state index contributed by atoms with van der Waals surface area (Å²) < 4.78 is 0. The molecular weight excluding hydrogens is 344 g/mol. The van der Waals surface area contributed by atoms with Gasteiger partial charge in [-0.05, 0) is 43.5 Å². The first-order valence-corrected chi connectivity index (χ1v) is 8.50. The number of carboxylic acid groups (broad SMARTS) is 1. The number of hydrogen-bond acceptors (Lipinski definition) is 4. The molecule has 0 heterocycles. The first kappa shape index (κ1) is 20.1. The van der Waals surface area contributed by atoms with E-state index in [9.17, 15) is 9.59 Å². The van der Waals surface area contributed by atoms with Gasteiger partial charge in [-0.2, -0.15) is 0 Å². The van der Waals surface area contributed by atoms with E-state index in [2.05, 4.69) is 16.4 Å². The van der Waals surface area contributed by atoms with Crippen LogP contribution in [-0.2, 0) is 17.8 Å². The number of rotatable bonds is 6. The monoisotopic (exact) mass is 368 g/mol. The third kappa shape index (κ3) is 6.23. The van der Waals surface area contributed by atoms with E-state index < -0.39 is 12.0 Å². The van der Waals surface area contributed by atoms with Crippen LogP contribution >= 0.6 is 0 Å². The quantitative estimate of drug-likeness (QED) is 0.453. The number of amides is 1. The molecule has 2 aromatic carbocycles. The minimum absolute atomic E-state index is 0.0381. The number of aliphatic imine (C=N–C) groups is 1. The van der Waals surface area contributed by atoms with Crippen molar-refractivity contribution in [2.75, 3.05) is 0 Å². The summed E-state index contributed by atoms with van der Waals surface area (Å²) in [4.78, 5) is 27.2. The molecule has 7 nitrogen and oxygen atoms in total. The molecule has 2 rings (SSSR count). The Morgan fingerprint density at radius 3 is 2.22 bits per heavy atom. The second-order valence-electron chi connectivity index (χ2n) is 6.50. The van der Waals surface area contributed by atoms with Gasteiger partial charge in [-0.25, -0.2) is 4.99 Å². The number of aliphatic carboxylic acids is 1. The lowest BCUT2D eigenvalue weighted by Crippen LogP contribution is -2.36. The third-order valence-corrected chi connectivity index (χ3v) is 3.94. The zero-order valence-electron chi connectivity index (χ0n) is 15.4. The highest BCUT2D eigenvalue weighted by molar-refractivity contribution is 6.05. The van der Waals surface area contributed by atoms with E-state index in [1.807, 2.05) is 26.0 Å². The second kappa shape index (κ2) is 8.95. The minimum atomic E-state index is -1.07. The van der Waals surface area contributed by atoms with Crippen molar-refractivity contribution < 1.29 is 14.7 Å². The molecule has 0 fully saturated rings. The van der Waals surface area contributed by atoms with Crippen molar-refractivity contribution in [3.05, 3.63) is 70.3 Å². The van der Waals surface area contributed by atoms with Crippen LogP contribution in [0.2, 0.25) is 0 Å². The van der Waals surface area contributed by atoms with Gasteiger partial charge in [-0.15, -0.1) is 0 Å². The van der Waals surface area contributed by atoms with E-state index in [0.717, 1.165) is 22.3 Å². The first-order chi connectivity index (χ1) is 12.7. The molecule has 0 saturated carbocycles. The van der Waals surface area contributed by atoms with Crippen molar-refractivity contribution in [3.8, 4) is 0 Å². The summed E-state index contributed by atoms with van der Waals surface area (Å²) >= 11 is 0. The van der Waals surface area contributed by atoms with Gasteiger partial charge in [0.2, 0.25) is 0 Å². The van der Waals surface area contributed by atoms with Gasteiger partial charge in [0, 0.05) is 5.56 Å². The van der Waals surface area contributed by atoms with Crippen LogP contribution in [0.3, 0.4) is 0 Å². The van der Waals surface area contributed by atoms with Crippen LogP contribution in [0.15, 0.2) is 47.5 Å². The lowest BCUT2D eigenvalue weighted by molar-refractivity contribution is -0.138. The van der Waals surface area contributed by atoms with Gasteiger partial charge >= 0.3 is 5.97 Å². The van der Waals surface area contributed by atoms with Crippen LogP contribution in [0.5, 0.6) is 0 Å². The highest BCUT2D eigenvalue weighted by Gasteiger charge is 2.13. The van der Waals surface area contributed by atoms with Gasteiger partial charge in [-0.1, -0.05) is 41.5 Å². The van der Waals surface area contributed by atoms with Crippen LogP contribution in [0.4, 0.5) is 0 Å². The standard InChI is InChI=1S/C20H24N4O3/c1-12-7-13(2)9-15(8-12)11-23-20(22)24-18(25)16-5-3-14(4-6-16)10-17(21)19(26)27/h3-9,17H,10-11,21H2,1-2H3,(H,26,27)(H3,22,23,24,25). The Labute approximate surface area is 158 Å². The summed E-state index contributed by atoms with van der Waals surface area (Å²) in [6, 6.07) is 11.7. The number of benzene rings is 2. The Hall–Kier alpha value is -3.19. The summed E-state index contributed by atoms with van der Waals surface area (Å²) in [5, 5.41) is 11.4. The van der Waals surface area contributed by atoms with Crippen LogP contribution in [-0.4, -0.2) is 29.0 Å². The van der Waals surface area contributed by atoms with Crippen molar-refractivity contribution >= 4 is 17.8 Å². The normalized spacial score (nSPS) is 12.5. The minimum Gasteiger partial charge on any atom is -0.480 e. The maximum atomic E-state index is 12.2. The molecule has 0 saturated heterocycles. The van der Waals surface area contributed by atoms with Crippen molar-refractivity contribution in [1.82, 2.24) is 5.32 Å². The molecular formula is C20H24N4O3. The Morgan fingerprint density at radius 2 is 1.67 bits per heavy atom. The number of hydrogen-bond donors (Lipinski definition) is 4. The molecule has 0 aliphatic rings. The summed E-state index contributed by atoms with van der Waals surface area (Å²) in [5.41, 5.74) is 15.7. The fourth-order valence-electron chi connectivity index (χ4n) is 2.70. The van der Waals surface area contributed by atoms with Crippen LogP contribution in [0.25, 0.3) is 0 Å². The number of aryl methyl sites for hydroxylation is 2. The SMILES string of the molecule is Cc1cc(C)cc(CN=C(N)NC(=O)c2ccc(CC(N)C(=O)O)cc2)c1.